The predicted molar refractivity (Wildman–Crippen MR) is 74.6 cm³/mol. The van der Waals surface area contributed by atoms with Crippen LogP contribution in [-0.4, -0.2) is 37.4 Å². The Hall–Kier alpha value is -1.35. The standard InChI is InChI=1S/C15H23NO2/c1-6-16(7-2)10-14(17)13-8-11(3)12(4)9-15(13)18-5/h8-9H,6-7,10H2,1-5H3. The molecule has 1 aromatic carbocycles. The molecule has 0 fully saturated rings. The van der Waals surface area contributed by atoms with Crippen molar-refractivity contribution in [2.75, 3.05) is 26.7 Å². The molecule has 0 aliphatic heterocycles. The fraction of sp³-hybridized carbons (Fsp3) is 0.533. The number of aryl methyl sites for hydroxylation is 2. The molecule has 0 N–H and O–H groups in total. The summed E-state index contributed by atoms with van der Waals surface area (Å²) < 4.78 is 5.31. The van der Waals surface area contributed by atoms with Crippen molar-refractivity contribution in [3.63, 3.8) is 0 Å². The summed E-state index contributed by atoms with van der Waals surface area (Å²) in [6, 6.07) is 3.87. The summed E-state index contributed by atoms with van der Waals surface area (Å²) in [6.45, 7) is 10.4. The average Bonchev–Trinajstić information content (AvgIpc) is 2.38. The molecule has 3 heteroatoms. The number of rotatable bonds is 6. The molecule has 100 valence electrons. The maximum Gasteiger partial charge on any atom is 0.180 e. The second-order valence-corrected chi connectivity index (χ2v) is 4.52. The first-order valence-corrected chi connectivity index (χ1v) is 6.44. The van der Waals surface area contributed by atoms with E-state index in [2.05, 4.69) is 18.7 Å². The zero-order chi connectivity index (χ0) is 13.7. The van der Waals surface area contributed by atoms with Crippen molar-refractivity contribution < 1.29 is 9.53 Å². The van der Waals surface area contributed by atoms with Crippen LogP contribution in [0.15, 0.2) is 12.1 Å². The van der Waals surface area contributed by atoms with Gasteiger partial charge in [0.25, 0.3) is 0 Å². The van der Waals surface area contributed by atoms with E-state index in [1.807, 2.05) is 26.0 Å². The summed E-state index contributed by atoms with van der Waals surface area (Å²) in [6.07, 6.45) is 0. The van der Waals surface area contributed by atoms with Crippen molar-refractivity contribution >= 4 is 5.78 Å². The lowest BCUT2D eigenvalue weighted by Gasteiger charge is -2.18. The fourth-order valence-electron chi connectivity index (χ4n) is 1.91. The summed E-state index contributed by atoms with van der Waals surface area (Å²) >= 11 is 0. The van der Waals surface area contributed by atoms with Crippen molar-refractivity contribution in [1.82, 2.24) is 4.90 Å². The zero-order valence-electron chi connectivity index (χ0n) is 12.0. The molecule has 0 amide bonds. The van der Waals surface area contributed by atoms with Gasteiger partial charge in [-0.2, -0.15) is 0 Å². The molecule has 18 heavy (non-hydrogen) atoms. The lowest BCUT2D eigenvalue weighted by Crippen LogP contribution is -2.29. The topological polar surface area (TPSA) is 29.5 Å². The van der Waals surface area contributed by atoms with Crippen LogP contribution in [0.25, 0.3) is 0 Å². The van der Waals surface area contributed by atoms with Crippen molar-refractivity contribution in [1.29, 1.82) is 0 Å². The number of methoxy groups -OCH3 is 1. The van der Waals surface area contributed by atoms with Gasteiger partial charge in [-0.05, 0) is 50.2 Å². The smallest absolute Gasteiger partial charge is 0.180 e. The van der Waals surface area contributed by atoms with E-state index < -0.39 is 0 Å². The molecule has 1 aromatic rings. The summed E-state index contributed by atoms with van der Waals surface area (Å²) in [5.74, 6) is 0.800. The Morgan fingerprint density at radius 2 is 1.72 bits per heavy atom. The van der Waals surface area contributed by atoms with Gasteiger partial charge in [0.1, 0.15) is 5.75 Å². The van der Waals surface area contributed by atoms with Crippen LogP contribution in [0.2, 0.25) is 0 Å². The minimum atomic E-state index is 0.124. The molecule has 1 rings (SSSR count). The van der Waals surface area contributed by atoms with Crippen LogP contribution in [0.4, 0.5) is 0 Å². The lowest BCUT2D eigenvalue weighted by atomic mass is 10.0. The van der Waals surface area contributed by atoms with Gasteiger partial charge in [-0.3, -0.25) is 9.69 Å². The van der Waals surface area contributed by atoms with E-state index in [1.54, 1.807) is 7.11 Å². The molecule has 0 radical (unpaired) electrons. The summed E-state index contributed by atoms with van der Waals surface area (Å²) in [5, 5.41) is 0. The van der Waals surface area contributed by atoms with Gasteiger partial charge in [0.15, 0.2) is 5.78 Å². The Kier molecular flexibility index (Phi) is 5.35. The minimum absolute atomic E-state index is 0.124. The van der Waals surface area contributed by atoms with E-state index in [0.717, 1.165) is 24.2 Å². The summed E-state index contributed by atoms with van der Waals surface area (Å²) in [7, 11) is 1.61. The number of nitrogens with zero attached hydrogens (tertiary/aromatic N) is 1. The number of carbonyl (C=O) groups is 1. The van der Waals surface area contributed by atoms with Crippen molar-refractivity contribution in [3.05, 3.63) is 28.8 Å². The van der Waals surface area contributed by atoms with Crippen LogP contribution < -0.4 is 4.74 Å². The number of ether oxygens (including phenoxy) is 1. The molecule has 0 aliphatic carbocycles. The van der Waals surface area contributed by atoms with Gasteiger partial charge in [0, 0.05) is 0 Å². The Labute approximate surface area is 110 Å². The van der Waals surface area contributed by atoms with Crippen LogP contribution >= 0.6 is 0 Å². The largest absolute Gasteiger partial charge is 0.496 e. The Morgan fingerprint density at radius 3 is 2.22 bits per heavy atom. The molecule has 0 saturated heterocycles. The van der Waals surface area contributed by atoms with Crippen molar-refractivity contribution in [3.8, 4) is 5.75 Å². The first-order valence-electron chi connectivity index (χ1n) is 6.44. The number of carbonyl (C=O) groups excluding carboxylic acids is 1. The molecule has 3 nitrogen and oxygen atoms in total. The van der Waals surface area contributed by atoms with E-state index in [9.17, 15) is 4.79 Å². The number of hydrogen-bond acceptors (Lipinski definition) is 3. The van der Waals surface area contributed by atoms with Gasteiger partial charge >= 0.3 is 0 Å². The number of ketones is 1. The summed E-state index contributed by atoms with van der Waals surface area (Å²) in [4.78, 5) is 14.4. The molecule has 0 unspecified atom stereocenters. The maximum atomic E-state index is 12.3. The number of benzene rings is 1. The molecular weight excluding hydrogens is 226 g/mol. The SMILES string of the molecule is CCN(CC)CC(=O)c1cc(C)c(C)cc1OC. The van der Waals surface area contributed by atoms with Crippen LogP contribution in [0.3, 0.4) is 0 Å². The number of likely N-dealkylation sites (N-methyl/N-ethyl adjacent to an activating group) is 1. The third-order valence-corrected chi connectivity index (χ3v) is 3.38. The van der Waals surface area contributed by atoms with E-state index >= 15 is 0 Å². The second-order valence-electron chi connectivity index (χ2n) is 4.52. The van der Waals surface area contributed by atoms with Gasteiger partial charge in [-0.15, -0.1) is 0 Å². The normalized spacial score (nSPS) is 10.8. The third kappa shape index (κ3) is 3.33. The third-order valence-electron chi connectivity index (χ3n) is 3.38. The van der Waals surface area contributed by atoms with E-state index in [1.165, 1.54) is 0 Å². The zero-order valence-corrected chi connectivity index (χ0v) is 12.0. The maximum absolute atomic E-state index is 12.3. The first-order chi connectivity index (χ1) is 8.53. The highest BCUT2D eigenvalue weighted by Crippen LogP contribution is 2.23. The van der Waals surface area contributed by atoms with Crippen LogP contribution in [0.5, 0.6) is 5.75 Å². The molecule has 0 saturated carbocycles. The van der Waals surface area contributed by atoms with Crippen LogP contribution in [0, 0.1) is 13.8 Å². The van der Waals surface area contributed by atoms with Gasteiger partial charge in [-0.1, -0.05) is 13.8 Å². The first kappa shape index (κ1) is 14.7. The number of hydrogen-bond donors (Lipinski definition) is 0. The molecule has 0 aliphatic rings. The minimum Gasteiger partial charge on any atom is -0.496 e. The quantitative estimate of drug-likeness (QED) is 0.726. The highest BCUT2D eigenvalue weighted by molar-refractivity contribution is 6.00. The van der Waals surface area contributed by atoms with Crippen LogP contribution in [0.1, 0.15) is 35.3 Å². The van der Waals surface area contributed by atoms with E-state index in [4.69, 9.17) is 4.74 Å². The van der Waals surface area contributed by atoms with Gasteiger partial charge in [0.05, 0.1) is 19.2 Å². The summed E-state index contributed by atoms with van der Waals surface area (Å²) in [5.41, 5.74) is 2.96. The predicted octanol–water partition coefficient (Wildman–Crippen LogP) is 2.84. The molecule has 0 bridgehead atoms. The highest BCUT2D eigenvalue weighted by Gasteiger charge is 2.15. The molecule has 0 heterocycles. The van der Waals surface area contributed by atoms with Gasteiger partial charge in [-0.25, -0.2) is 0 Å². The molecule has 0 atom stereocenters. The fourth-order valence-corrected chi connectivity index (χ4v) is 1.91. The molecule has 0 aromatic heterocycles. The van der Waals surface area contributed by atoms with E-state index in [0.29, 0.717) is 17.9 Å². The van der Waals surface area contributed by atoms with Crippen molar-refractivity contribution in [2.45, 2.75) is 27.7 Å². The Bertz CT molecular complexity index is 423. The van der Waals surface area contributed by atoms with Crippen LogP contribution in [-0.2, 0) is 0 Å². The number of Topliss-reactive ketones (excluding diaryl/α,β-unsaturated/α-hetero) is 1. The average molecular weight is 249 g/mol. The van der Waals surface area contributed by atoms with Gasteiger partial charge in [0.2, 0.25) is 0 Å². The van der Waals surface area contributed by atoms with Gasteiger partial charge < -0.3 is 4.74 Å². The monoisotopic (exact) mass is 249 g/mol. The van der Waals surface area contributed by atoms with Crippen molar-refractivity contribution in [2.24, 2.45) is 0 Å². The molecular formula is C15H23NO2. The highest BCUT2D eigenvalue weighted by atomic mass is 16.5. The lowest BCUT2D eigenvalue weighted by molar-refractivity contribution is 0.0934. The Morgan fingerprint density at radius 1 is 1.17 bits per heavy atom. The second kappa shape index (κ2) is 6.55. The molecule has 0 spiro atoms. The van der Waals surface area contributed by atoms with E-state index in [-0.39, 0.29) is 5.78 Å². The Balaban J connectivity index is 3.01.